The summed E-state index contributed by atoms with van der Waals surface area (Å²) in [4.78, 5) is 14.1. The Morgan fingerprint density at radius 1 is 1.38 bits per heavy atom. The van der Waals surface area contributed by atoms with Crippen LogP contribution >= 0.6 is 11.6 Å². The average molecular weight is 371 g/mol. The number of nitrogens with zero attached hydrogens (tertiary/aromatic N) is 2. The van der Waals surface area contributed by atoms with Crippen LogP contribution in [-0.2, 0) is 14.7 Å². The number of fused-ring (bicyclic) bond motifs is 1. The van der Waals surface area contributed by atoms with Gasteiger partial charge >= 0.3 is 10.4 Å². The molecule has 0 spiro atoms. The number of carbonyl (C=O) groups excluding carboxylic acids is 1. The van der Waals surface area contributed by atoms with Crippen molar-refractivity contribution in [3.05, 3.63) is 52.9 Å². The normalized spacial score (nSPS) is 16.1. The van der Waals surface area contributed by atoms with Gasteiger partial charge in [-0.15, -0.1) is 0 Å². The lowest BCUT2D eigenvalue weighted by molar-refractivity contribution is 0.0986. The molecule has 0 aliphatic carbocycles. The smallest absolute Gasteiger partial charge is 0.466 e. The third kappa shape index (κ3) is 3.42. The number of halogens is 1. The molecule has 1 N–H and O–H groups in total. The molecule has 0 unspecified atom stereocenters. The highest BCUT2D eigenvalue weighted by Crippen LogP contribution is 2.31. The van der Waals surface area contributed by atoms with Crippen molar-refractivity contribution in [2.45, 2.75) is 6.42 Å². The minimum absolute atomic E-state index is 0.227. The van der Waals surface area contributed by atoms with Crippen molar-refractivity contribution in [1.29, 1.82) is 0 Å². The Kier molecular flexibility index (Phi) is 4.31. The fraction of sp³-hybridized carbons (Fsp3) is 0.143. The van der Waals surface area contributed by atoms with Crippen LogP contribution in [0.15, 0.2) is 46.4 Å². The van der Waals surface area contributed by atoms with Gasteiger partial charge in [0.15, 0.2) is 0 Å². The maximum Gasteiger partial charge on any atom is 0.466 e. The summed E-state index contributed by atoms with van der Waals surface area (Å²) in [5, 5.41) is 3.86. The first-order valence-corrected chi connectivity index (χ1v) is 8.46. The molecule has 0 fully saturated rings. The second kappa shape index (κ2) is 6.27. The molecule has 0 saturated carbocycles. The van der Waals surface area contributed by atoms with E-state index in [2.05, 4.69) is 9.44 Å². The van der Waals surface area contributed by atoms with Gasteiger partial charge in [0.25, 0.3) is 5.91 Å². The van der Waals surface area contributed by atoms with E-state index in [1.807, 2.05) is 0 Å². The summed E-state index contributed by atoms with van der Waals surface area (Å²) in [7, 11) is -4.71. The topological polar surface area (TPSA) is 109 Å². The highest BCUT2D eigenvalue weighted by Gasteiger charge is 2.28. The second-order valence-electron chi connectivity index (χ2n) is 4.92. The van der Waals surface area contributed by atoms with Gasteiger partial charge in [0.1, 0.15) is 6.26 Å². The van der Waals surface area contributed by atoms with Gasteiger partial charge in [0, 0.05) is 23.6 Å². The minimum atomic E-state index is -4.71. The molecule has 10 heteroatoms. The van der Waals surface area contributed by atoms with Crippen LogP contribution in [0.1, 0.15) is 22.3 Å². The molecule has 1 aliphatic heterocycles. The summed E-state index contributed by atoms with van der Waals surface area (Å²) in [5.41, 5.74) is 1.58. The predicted octanol–water partition coefficient (Wildman–Crippen LogP) is 2.51. The maximum absolute atomic E-state index is 12.6. The molecule has 3 rings (SSSR count). The molecule has 8 nitrogen and oxygen atoms in total. The van der Waals surface area contributed by atoms with Crippen LogP contribution in [0.25, 0.3) is 0 Å². The molecule has 24 heavy (non-hydrogen) atoms. The second-order valence-corrected chi connectivity index (χ2v) is 6.36. The Labute approximate surface area is 142 Å². The molecule has 1 amide bonds. The zero-order valence-corrected chi connectivity index (χ0v) is 13.6. The first-order valence-electron chi connectivity index (χ1n) is 6.72. The number of amides is 1. The van der Waals surface area contributed by atoms with Gasteiger partial charge in [-0.3, -0.25) is 9.35 Å². The third-order valence-corrected chi connectivity index (χ3v) is 3.89. The Morgan fingerprint density at radius 2 is 2.17 bits per heavy atom. The van der Waals surface area contributed by atoms with Crippen molar-refractivity contribution in [3.63, 3.8) is 0 Å². The SMILES string of the molecule is O=C(c1ccoc1)N1CC/C(=N\OS(=O)(=O)O)c2ccc(Cl)cc21. The maximum atomic E-state index is 12.6. The first kappa shape index (κ1) is 16.5. The van der Waals surface area contributed by atoms with E-state index in [0.29, 0.717) is 21.8 Å². The number of benzene rings is 1. The molecule has 1 aromatic carbocycles. The summed E-state index contributed by atoms with van der Waals surface area (Å²) in [6, 6.07) is 6.28. The van der Waals surface area contributed by atoms with E-state index in [9.17, 15) is 13.2 Å². The first-order chi connectivity index (χ1) is 11.3. The van der Waals surface area contributed by atoms with Crippen molar-refractivity contribution in [2.24, 2.45) is 5.16 Å². The number of hydrogen-bond acceptors (Lipinski definition) is 6. The van der Waals surface area contributed by atoms with Gasteiger partial charge in [0.05, 0.1) is 23.2 Å². The van der Waals surface area contributed by atoms with Gasteiger partial charge in [-0.05, 0) is 24.3 Å². The monoisotopic (exact) mass is 370 g/mol. The highest BCUT2D eigenvalue weighted by molar-refractivity contribution is 7.80. The van der Waals surface area contributed by atoms with Crippen LogP contribution in [0.4, 0.5) is 5.69 Å². The van der Waals surface area contributed by atoms with E-state index in [0.717, 1.165) is 0 Å². The summed E-state index contributed by atoms with van der Waals surface area (Å²) in [5.74, 6) is -0.290. The lowest BCUT2D eigenvalue weighted by Crippen LogP contribution is -2.37. The molecule has 0 atom stereocenters. The molecular formula is C14H11ClN2O6S. The van der Waals surface area contributed by atoms with Crippen molar-refractivity contribution in [3.8, 4) is 0 Å². The standard InChI is InChI=1S/C14H11ClN2O6S/c15-10-1-2-11-12(16-23-24(19,20)21)3-5-17(13(11)7-10)14(18)9-4-6-22-8-9/h1-2,4,6-8H,3,5H2,(H,19,20,21)/b16-12+. The summed E-state index contributed by atoms with van der Waals surface area (Å²) in [6.45, 7) is 0.227. The van der Waals surface area contributed by atoms with Gasteiger partial charge in [-0.2, -0.15) is 8.42 Å². The van der Waals surface area contributed by atoms with E-state index in [-0.39, 0.29) is 24.6 Å². The molecule has 2 heterocycles. The molecule has 2 aromatic rings. The van der Waals surface area contributed by atoms with E-state index in [4.69, 9.17) is 20.6 Å². The van der Waals surface area contributed by atoms with Gasteiger partial charge < -0.3 is 9.32 Å². The van der Waals surface area contributed by atoms with E-state index in [1.165, 1.54) is 23.5 Å². The van der Waals surface area contributed by atoms with Crippen molar-refractivity contribution < 1.29 is 26.5 Å². The number of rotatable bonds is 3. The number of carbonyl (C=O) groups is 1. The van der Waals surface area contributed by atoms with Gasteiger partial charge in [0.2, 0.25) is 0 Å². The zero-order valence-electron chi connectivity index (χ0n) is 12.0. The Morgan fingerprint density at radius 3 is 2.83 bits per heavy atom. The minimum Gasteiger partial charge on any atom is -0.472 e. The lowest BCUT2D eigenvalue weighted by atomic mass is 9.99. The molecule has 0 bridgehead atoms. The molecule has 1 aromatic heterocycles. The number of furan rings is 1. The molecule has 1 aliphatic rings. The number of hydrogen-bond donors (Lipinski definition) is 1. The molecule has 0 saturated heterocycles. The van der Waals surface area contributed by atoms with Crippen LogP contribution in [-0.4, -0.2) is 31.1 Å². The average Bonchev–Trinajstić information content (AvgIpc) is 3.05. The Hall–Kier alpha value is -2.36. The Balaban J connectivity index is 2.01. The zero-order chi connectivity index (χ0) is 17.3. The fourth-order valence-corrected chi connectivity index (χ4v) is 2.74. The van der Waals surface area contributed by atoms with Crippen LogP contribution < -0.4 is 4.90 Å². The van der Waals surface area contributed by atoms with Crippen LogP contribution in [0.2, 0.25) is 5.02 Å². The van der Waals surface area contributed by atoms with E-state index < -0.39 is 10.4 Å². The largest absolute Gasteiger partial charge is 0.472 e. The van der Waals surface area contributed by atoms with Crippen LogP contribution in [0.3, 0.4) is 0 Å². The fourth-order valence-electron chi connectivity index (χ4n) is 2.38. The van der Waals surface area contributed by atoms with E-state index in [1.54, 1.807) is 18.2 Å². The Bertz CT molecular complexity index is 907. The van der Waals surface area contributed by atoms with Crippen molar-refractivity contribution in [2.75, 3.05) is 11.4 Å². The molecular weight excluding hydrogens is 360 g/mol. The summed E-state index contributed by atoms with van der Waals surface area (Å²) >= 11 is 6.01. The molecule has 126 valence electrons. The third-order valence-electron chi connectivity index (χ3n) is 3.39. The number of oxime groups is 1. The highest BCUT2D eigenvalue weighted by atomic mass is 35.5. The predicted molar refractivity (Wildman–Crippen MR) is 85.6 cm³/mol. The van der Waals surface area contributed by atoms with Crippen LogP contribution in [0.5, 0.6) is 0 Å². The van der Waals surface area contributed by atoms with Gasteiger partial charge in [-0.25, -0.2) is 4.28 Å². The van der Waals surface area contributed by atoms with Crippen LogP contribution in [0, 0.1) is 0 Å². The van der Waals surface area contributed by atoms with E-state index >= 15 is 0 Å². The summed E-state index contributed by atoms with van der Waals surface area (Å²) < 4.78 is 39.1. The summed E-state index contributed by atoms with van der Waals surface area (Å²) in [6.07, 6.45) is 2.95. The molecule has 0 radical (unpaired) electrons. The van der Waals surface area contributed by atoms with Gasteiger partial charge in [-0.1, -0.05) is 16.8 Å². The quantitative estimate of drug-likeness (QED) is 0.656. The van der Waals surface area contributed by atoms with Crippen molar-refractivity contribution >= 4 is 39.3 Å². The number of anilines is 1. The lowest BCUT2D eigenvalue weighted by Gasteiger charge is -2.29. The van der Waals surface area contributed by atoms with Crippen molar-refractivity contribution in [1.82, 2.24) is 0 Å².